The van der Waals surface area contributed by atoms with E-state index in [0.29, 0.717) is 17.7 Å². The van der Waals surface area contributed by atoms with Gasteiger partial charge in [0, 0.05) is 25.1 Å². The minimum Gasteiger partial charge on any atom is -0.342 e. The van der Waals surface area contributed by atoms with Crippen molar-refractivity contribution in [2.75, 3.05) is 19.6 Å². The number of benzene rings is 2. The van der Waals surface area contributed by atoms with Crippen LogP contribution in [0.15, 0.2) is 48.5 Å². The summed E-state index contributed by atoms with van der Waals surface area (Å²) in [6.07, 6.45) is 0.280. The number of amides is 3. The van der Waals surface area contributed by atoms with Crippen molar-refractivity contribution in [1.29, 1.82) is 5.26 Å². The molecule has 2 aromatic carbocycles. The van der Waals surface area contributed by atoms with Gasteiger partial charge in [-0.05, 0) is 42.0 Å². The first-order valence-corrected chi connectivity index (χ1v) is 9.61. The van der Waals surface area contributed by atoms with E-state index < -0.39 is 12.1 Å². The summed E-state index contributed by atoms with van der Waals surface area (Å²) in [6, 6.07) is 12.7. The smallest absolute Gasteiger partial charge is 0.253 e. The molecule has 7 nitrogen and oxygen atoms in total. The molecule has 0 saturated carbocycles. The molecule has 2 aromatic rings. The Morgan fingerprint density at radius 3 is 2.47 bits per heavy atom. The molecule has 2 aliphatic heterocycles. The Kier molecular flexibility index (Phi) is 5.19. The molecule has 0 unspecified atom stereocenters. The number of carbonyl (C=O) groups is 3. The van der Waals surface area contributed by atoms with E-state index in [2.05, 4.69) is 5.32 Å². The van der Waals surface area contributed by atoms with Crippen LogP contribution in [0.2, 0.25) is 0 Å². The molecule has 30 heavy (non-hydrogen) atoms. The van der Waals surface area contributed by atoms with Gasteiger partial charge in [-0.15, -0.1) is 0 Å². The van der Waals surface area contributed by atoms with Crippen molar-refractivity contribution >= 4 is 17.7 Å². The molecular weight excluding hydrogens is 387 g/mol. The molecule has 0 radical (unpaired) electrons. The van der Waals surface area contributed by atoms with Gasteiger partial charge in [0.15, 0.2) is 0 Å². The fourth-order valence-electron chi connectivity index (χ4n) is 3.85. The summed E-state index contributed by atoms with van der Waals surface area (Å²) in [4.78, 5) is 41.4. The molecule has 2 atom stereocenters. The standard InChI is InChI=1S/C22H19FN4O3/c23-17-7-3-14(4-8-17)11-18-22(30)27-10-9-26(13-19(27)20(28)25-18)21(29)16-5-1-15(12-24)2-6-16/h1-8,18-19H,9-11,13H2,(H,25,28)/t18-,19+/m0/s1. The highest BCUT2D eigenvalue weighted by Gasteiger charge is 2.44. The molecule has 0 aromatic heterocycles. The van der Waals surface area contributed by atoms with Crippen molar-refractivity contribution in [2.45, 2.75) is 18.5 Å². The molecule has 1 N–H and O–H groups in total. The van der Waals surface area contributed by atoms with E-state index in [9.17, 15) is 18.8 Å². The summed E-state index contributed by atoms with van der Waals surface area (Å²) in [6.45, 7) is 0.691. The lowest BCUT2D eigenvalue weighted by atomic mass is 9.98. The van der Waals surface area contributed by atoms with Crippen molar-refractivity contribution in [1.82, 2.24) is 15.1 Å². The van der Waals surface area contributed by atoms with Crippen molar-refractivity contribution in [3.05, 3.63) is 71.0 Å². The fourth-order valence-corrected chi connectivity index (χ4v) is 3.85. The number of nitriles is 1. The van der Waals surface area contributed by atoms with Gasteiger partial charge in [0.25, 0.3) is 5.91 Å². The fraction of sp³-hybridized carbons (Fsp3) is 0.273. The van der Waals surface area contributed by atoms with Crippen LogP contribution >= 0.6 is 0 Å². The van der Waals surface area contributed by atoms with Crippen LogP contribution in [-0.4, -0.2) is 59.2 Å². The first-order valence-electron chi connectivity index (χ1n) is 9.61. The molecule has 152 valence electrons. The van der Waals surface area contributed by atoms with Crippen molar-refractivity contribution in [3.63, 3.8) is 0 Å². The third-order valence-electron chi connectivity index (χ3n) is 5.48. The average molecular weight is 406 g/mol. The Morgan fingerprint density at radius 1 is 1.10 bits per heavy atom. The van der Waals surface area contributed by atoms with Crippen LogP contribution < -0.4 is 5.32 Å². The van der Waals surface area contributed by atoms with E-state index in [1.54, 1.807) is 41.3 Å². The highest BCUT2D eigenvalue weighted by atomic mass is 19.1. The molecular formula is C22H19FN4O3. The van der Waals surface area contributed by atoms with Crippen molar-refractivity contribution in [2.24, 2.45) is 0 Å². The second kappa shape index (κ2) is 7.95. The van der Waals surface area contributed by atoms with Gasteiger partial charge < -0.3 is 15.1 Å². The lowest BCUT2D eigenvalue weighted by Crippen LogP contribution is -2.70. The summed E-state index contributed by atoms with van der Waals surface area (Å²) in [5.41, 5.74) is 1.64. The van der Waals surface area contributed by atoms with Crippen LogP contribution in [0.3, 0.4) is 0 Å². The van der Waals surface area contributed by atoms with Gasteiger partial charge in [-0.1, -0.05) is 12.1 Å². The molecule has 8 heteroatoms. The van der Waals surface area contributed by atoms with Gasteiger partial charge in [-0.2, -0.15) is 5.26 Å². The number of piperazine rings is 2. The Morgan fingerprint density at radius 2 is 1.80 bits per heavy atom. The molecule has 0 spiro atoms. The van der Waals surface area contributed by atoms with Crippen LogP contribution in [0.25, 0.3) is 0 Å². The van der Waals surface area contributed by atoms with Crippen LogP contribution in [0.5, 0.6) is 0 Å². The monoisotopic (exact) mass is 406 g/mol. The third-order valence-corrected chi connectivity index (χ3v) is 5.48. The zero-order valence-electron chi connectivity index (χ0n) is 16.0. The summed E-state index contributed by atoms with van der Waals surface area (Å²) < 4.78 is 13.1. The summed E-state index contributed by atoms with van der Waals surface area (Å²) in [7, 11) is 0. The number of hydrogen-bond donors (Lipinski definition) is 1. The second-order valence-corrected chi connectivity index (χ2v) is 7.38. The lowest BCUT2D eigenvalue weighted by Gasteiger charge is -2.45. The normalized spacial score (nSPS) is 20.9. The van der Waals surface area contributed by atoms with Gasteiger partial charge in [-0.3, -0.25) is 14.4 Å². The maximum absolute atomic E-state index is 13.1. The molecule has 0 aliphatic carbocycles. The first kappa shape index (κ1) is 19.6. The van der Waals surface area contributed by atoms with E-state index in [-0.39, 0.29) is 43.0 Å². The summed E-state index contributed by atoms with van der Waals surface area (Å²) in [5.74, 6) is -1.11. The average Bonchev–Trinajstić information content (AvgIpc) is 2.78. The number of carbonyl (C=O) groups excluding carboxylic acids is 3. The Labute approximate surface area is 172 Å². The topological polar surface area (TPSA) is 93.5 Å². The largest absolute Gasteiger partial charge is 0.342 e. The maximum Gasteiger partial charge on any atom is 0.253 e. The Hall–Kier alpha value is -3.73. The van der Waals surface area contributed by atoms with Crippen molar-refractivity contribution < 1.29 is 18.8 Å². The van der Waals surface area contributed by atoms with E-state index in [1.165, 1.54) is 17.0 Å². The van der Waals surface area contributed by atoms with Crippen LogP contribution in [-0.2, 0) is 16.0 Å². The summed E-state index contributed by atoms with van der Waals surface area (Å²) >= 11 is 0. The molecule has 4 rings (SSSR count). The van der Waals surface area contributed by atoms with Gasteiger partial charge in [0.1, 0.15) is 17.9 Å². The lowest BCUT2D eigenvalue weighted by molar-refractivity contribution is -0.152. The molecule has 2 fully saturated rings. The minimum atomic E-state index is -0.738. The number of rotatable bonds is 3. The number of halogens is 1. The maximum atomic E-state index is 13.1. The predicted molar refractivity (Wildman–Crippen MR) is 105 cm³/mol. The van der Waals surface area contributed by atoms with E-state index in [4.69, 9.17) is 5.26 Å². The zero-order valence-corrected chi connectivity index (χ0v) is 16.0. The number of hydrogen-bond acceptors (Lipinski definition) is 4. The minimum absolute atomic E-state index is 0.111. The third kappa shape index (κ3) is 3.74. The highest BCUT2D eigenvalue weighted by molar-refractivity contribution is 5.99. The van der Waals surface area contributed by atoms with Gasteiger partial charge in [-0.25, -0.2) is 4.39 Å². The van der Waals surface area contributed by atoms with Gasteiger partial charge >= 0.3 is 0 Å². The quantitative estimate of drug-likeness (QED) is 0.826. The molecule has 2 aliphatic rings. The highest BCUT2D eigenvalue weighted by Crippen LogP contribution is 2.20. The Balaban J connectivity index is 1.44. The van der Waals surface area contributed by atoms with Crippen LogP contribution in [0.4, 0.5) is 4.39 Å². The predicted octanol–water partition coefficient (Wildman–Crippen LogP) is 1.09. The second-order valence-electron chi connectivity index (χ2n) is 7.38. The molecule has 2 saturated heterocycles. The Bertz CT molecular complexity index is 1030. The SMILES string of the molecule is N#Cc1ccc(C(=O)N2CCN3C(=O)[C@H](Cc4ccc(F)cc4)NC(=O)[C@H]3C2)cc1. The van der Waals surface area contributed by atoms with Crippen LogP contribution in [0, 0.1) is 17.1 Å². The van der Waals surface area contributed by atoms with Gasteiger partial charge in [0.2, 0.25) is 11.8 Å². The summed E-state index contributed by atoms with van der Waals surface area (Å²) in [5, 5.41) is 11.6. The van der Waals surface area contributed by atoms with Gasteiger partial charge in [0.05, 0.1) is 18.2 Å². The van der Waals surface area contributed by atoms with E-state index >= 15 is 0 Å². The van der Waals surface area contributed by atoms with Crippen LogP contribution in [0.1, 0.15) is 21.5 Å². The molecule has 2 heterocycles. The number of fused-ring (bicyclic) bond motifs is 1. The number of nitrogens with one attached hydrogen (secondary N) is 1. The van der Waals surface area contributed by atoms with E-state index in [0.717, 1.165) is 5.56 Å². The molecule has 3 amide bonds. The van der Waals surface area contributed by atoms with E-state index in [1.807, 2.05) is 6.07 Å². The number of nitrogens with zero attached hydrogens (tertiary/aromatic N) is 3. The van der Waals surface area contributed by atoms with Crippen molar-refractivity contribution in [3.8, 4) is 6.07 Å². The first-order chi connectivity index (χ1) is 14.5. The zero-order chi connectivity index (χ0) is 21.3. The molecule has 0 bridgehead atoms.